The summed E-state index contributed by atoms with van der Waals surface area (Å²) in [5.74, 6) is -1.11. The Balaban J connectivity index is 2.24. The third-order valence-electron chi connectivity index (χ3n) is 2.76. The van der Waals surface area contributed by atoms with Gasteiger partial charge in [-0.15, -0.1) is 0 Å². The lowest BCUT2D eigenvalue weighted by Crippen LogP contribution is -2.15. The van der Waals surface area contributed by atoms with Crippen LogP contribution in [0, 0.1) is 11.6 Å². The highest BCUT2D eigenvalue weighted by Crippen LogP contribution is 2.22. The quantitative estimate of drug-likeness (QED) is 0.912. The molecule has 0 saturated heterocycles. The first-order valence-electron chi connectivity index (χ1n) is 5.52. The summed E-state index contributed by atoms with van der Waals surface area (Å²) in [5.41, 5.74) is 6.85. The van der Waals surface area contributed by atoms with E-state index in [-0.39, 0.29) is 12.0 Å². The van der Waals surface area contributed by atoms with Gasteiger partial charge in [0.1, 0.15) is 11.6 Å². The molecular weight excluding hydrogens is 300 g/mol. The van der Waals surface area contributed by atoms with Gasteiger partial charge >= 0.3 is 0 Å². The van der Waals surface area contributed by atoms with E-state index in [1.165, 1.54) is 18.2 Å². The molecule has 2 N–H and O–H groups in total. The van der Waals surface area contributed by atoms with E-state index in [2.05, 4.69) is 15.9 Å². The molecule has 0 bridgehead atoms. The van der Waals surface area contributed by atoms with Crippen molar-refractivity contribution in [3.8, 4) is 0 Å². The van der Waals surface area contributed by atoms with Crippen molar-refractivity contribution in [3.05, 3.63) is 69.7 Å². The molecule has 0 amide bonds. The van der Waals surface area contributed by atoms with Gasteiger partial charge in [0.05, 0.1) is 0 Å². The topological polar surface area (TPSA) is 26.0 Å². The first-order chi connectivity index (χ1) is 8.58. The molecule has 0 spiro atoms. The minimum Gasteiger partial charge on any atom is -0.324 e. The maximum Gasteiger partial charge on any atom is 0.129 e. The Kier molecular flexibility index (Phi) is 4.09. The van der Waals surface area contributed by atoms with Crippen LogP contribution in [0.2, 0.25) is 0 Å². The summed E-state index contributed by atoms with van der Waals surface area (Å²) in [6.07, 6.45) is 0.134. The second kappa shape index (κ2) is 5.59. The Morgan fingerprint density at radius 2 is 1.67 bits per heavy atom. The second-order valence-corrected chi connectivity index (χ2v) is 4.98. The molecule has 1 nitrogen and oxygen atoms in total. The van der Waals surface area contributed by atoms with Gasteiger partial charge in [-0.3, -0.25) is 0 Å². The fourth-order valence-electron chi connectivity index (χ4n) is 1.80. The van der Waals surface area contributed by atoms with E-state index in [4.69, 9.17) is 5.73 Å². The van der Waals surface area contributed by atoms with E-state index < -0.39 is 17.7 Å². The molecular formula is C14H12BrF2N. The molecule has 2 rings (SSSR count). The predicted octanol–water partition coefficient (Wildman–Crippen LogP) is 3.97. The van der Waals surface area contributed by atoms with Gasteiger partial charge in [0, 0.05) is 16.1 Å². The fourth-order valence-corrected chi connectivity index (χ4v) is 2.22. The van der Waals surface area contributed by atoms with Crippen molar-refractivity contribution in [3.63, 3.8) is 0 Å². The third kappa shape index (κ3) is 2.94. The second-order valence-electron chi connectivity index (χ2n) is 4.07. The molecule has 0 aliphatic carbocycles. The lowest BCUT2D eigenvalue weighted by atomic mass is 9.99. The molecule has 1 unspecified atom stereocenters. The normalized spacial score (nSPS) is 12.4. The summed E-state index contributed by atoms with van der Waals surface area (Å²) in [7, 11) is 0. The van der Waals surface area contributed by atoms with Gasteiger partial charge < -0.3 is 5.73 Å². The molecule has 0 fully saturated rings. The van der Waals surface area contributed by atoms with Crippen LogP contribution in [0.3, 0.4) is 0 Å². The number of nitrogens with two attached hydrogens (primary N) is 1. The van der Waals surface area contributed by atoms with Crippen molar-refractivity contribution in [1.82, 2.24) is 0 Å². The lowest BCUT2D eigenvalue weighted by molar-refractivity contribution is 0.540. The van der Waals surface area contributed by atoms with Crippen molar-refractivity contribution in [2.45, 2.75) is 12.5 Å². The van der Waals surface area contributed by atoms with Gasteiger partial charge in [-0.05, 0) is 36.2 Å². The Morgan fingerprint density at radius 1 is 1.06 bits per heavy atom. The molecule has 2 aromatic carbocycles. The van der Waals surface area contributed by atoms with Crippen LogP contribution >= 0.6 is 15.9 Å². The van der Waals surface area contributed by atoms with Crippen LogP contribution in [-0.4, -0.2) is 0 Å². The average molecular weight is 312 g/mol. The van der Waals surface area contributed by atoms with Gasteiger partial charge in [0.15, 0.2) is 0 Å². The van der Waals surface area contributed by atoms with Crippen LogP contribution in [0.5, 0.6) is 0 Å². The van der Waals surface area contributed by atoms with Crippen molar-refractivity contribution in [2.24, 2.45) is 5.73 Å². The van der Waals surface area contributed by atoms with Crippen LogP contribution < -0.4 is 5.73 Å². The van der Waals surface area contributed by atoms with Crippen molar-refractivity contribution >= 4 is 15.9 Å². The van der Waals surface area contributed by atoms with Crippen LogP contribution in [-0.2, 0) is 6.42 Å². The predicted molar refractivity (Wildman–Crippen MR) is 71.1 cm³/mol. The zero-order valence-electron chi connectivity index (χ0n) is 9.54. The molecule has 0 aliphatic heterocycles. The summed E-state index contributed by atoms with van der Waals surface area (Å²) in [5, 5.41) is 0. The largest absolute Gasteiger partial charge is 0.324 e. The molecule has 0 aliphatic rings. The number of hydrogen-bond acceptors (Lipinski definition) is 1. The summed E-state index contributed by atoms with van der Waals surface area (Å²) in [6, 6.07) is 10.8. The zero-order chi connectivity index (χ0) is 13.1. The van der Waals surface area contributed by atoms with Gasteiger partial charge in [0.2, 0.25) is 0 Å². The molecule has 0 aromatic heterocycles. The number of hydrogen-bond donors (Lipinski definition) is 1. The van der Waals surface area contributed by atoms with E-state index in [1.54, 1.807) is 0 Å². The maximum atomic E-state index is 13.5. The molecule has 2 aromatic rings. The van der Waals surface area contributed by atoms with Crippen LogP contribution in [0.1, 0.15) is 17.2 Å². The summed E-state index contributed by atoms with van der Waals surface area (Å²) in [6.45, 7) is 0. The average Bonchev–Trinajstić information content (AvgIpc) is 2.34. The van der Waals surface area contributed by atoms with E-state index in [1.807, 2.05) is 24.3 Å². The van der Waals surface area contributed by atoms with Crippen molar-refractivity contribution in [1.29, 1.82) is 0 Å². The molecule has 94 valence electrons. The highest BCUT2D eigenvalue weighted by atomic mass is 79.9. The molecule has 0 saturated carbocycles. The molecule has 4 heteroatoms. The minimum absolute atomic E-state index is 0.0324. The standard InChI is InChI=1S/C14H12BrF2N/c15-10-4-1-3-9(7-10)14(18)8-11-12(16)5-2-6-13(11)17/h1-7,14H,8,18H2. The van der Waals surface area contributed by atoms with Gasteiger partial charge in [-0.1, -0.05) is 34.1 Å². The Bertz CT molecular complexity index is 537. The highest BCUT2D eigenvalue weighted by molar-refractivity contribution is 9.10. The van der Waals surface area contributed by atoms with Crippen LogP contribution in [0.4, 0.5) is 8.78 Å². The lowest BCUT2D eigenvalue weighted by Gasteiger charge is -2.13. The SMILES string of the molecule is NC(Cc1c(F)cccc1F)c1cccc(Br)c1. The van der Waals surface area contributed by atoms with Crippen molar-refractivity contribution in [2.75, 3.05) is 0 Å². The number of rotatable bonds is 3. The van der Waals surface area contributed by atoms with E-state index in [0.717, 1.165) is 10.0 Å². The summed E-state index contributed by atoms with van der Waals surface area (Å²) < 4.78 is 27.9. The Morgan fingerprint density at radius 3 is 2.28 bits per heavy atom. The monoisotopic (exact) mass is 311 g/mol. The molecule has 0 heterocycles. The van der Waals surface area contributed by atoms with E-state index in [9.17, 15) is 8.78 Å². The summed E-state index contributed by atoms with van der Waals surface area (Å²) >= 11 is 3.34. The first-order valence-corrected chi connectivity index (χ1v) is 6.31. The first kappa shape index (κ1) is 13.2. The van der Waals surface area contributed by atoms with Gasteiger partial charge in [-0.25, -0.2) is 8.78 Å². The highest BCUT2D eigenvalue weighted by Gasteiger charge is 2.14. The molecule has 18 heavy (non-hydrogen) atoms. The molecule has 0 radical (unpaired) electrons. The molecule has 1 atom stereocenters. The maximum absolute atomic E-state index is 13.5. The fraction of sp³-hybridized carbons (Fsp3) is 0.143. The van der Waals surface area contributed by atoms with Crippen LogP contribution in [0.25, 0.3) is 0 Å². The van der Waals surface area contributed by atoms with Gasteiger partial charge in [-0.2, -0.15) is 0 Å². The minimum atomic E-state index is -0.555. The van der Waals surface area contributed by atoms with Crippen LogP contribution in [0.15, 0.2) is 46.9 Å². The third-order valence-corrected chi connectivity index (χ3v) is 3.26. The Hall–Kier alpha value is -1.26. The zero-order valence-corrected chi connectivity index (χ0v) is 11.1. The van der Waals surface area contributed by atoms with Crippen molar-refractivity contribution < 1.29 is 8.78 Å². The van der Waals surface area contributed by atoms with Gasteiger partial charge in [0.25, 0.3) is 0 Å². The smallest absolute Gasteiger partial charge is 0.129 e. The van der Waals surface area contributed by atoms with E-state index in [0.29, 0.717) is 0 Å². The number of halogens is 3. The van der Waals surface area contributed by atoms with E-state index >= 15 is 0 Å². The number of benzene rings is 2. The summed E-state index contributed by atoms with van der Waals surface area (Å²) in [4.78, 5) is 0. The Labute approximate surface area is 113 Å².